The van der Waals surface area contributed by atoms with Gasteiger partial charge in [-0.1, -0.05) is 26.0 Å². The summed E-state index contributed by atoms with van der Waals surface area (Å²) in [6, 6.07) is 6.40. The van der Waals surface area contributed by atoms with Crippen molar-refractivity contribution in [2.45, 2.75) is 32.7 Å². The van der Waals surface area contributed by atoms with E-state index in [9.17, 15) is 14.7 Å². The minimum atomic E-state index is -1.09. The molecule has 0 saturated carbocycles. The Hall–Kier alpha value is -1.88. The van der Waals surface area contributed by atoms with Gasteiger partial charge >= 0.3 is 5.97 Å². The zero-order valence-electron chi connectivity index (χ0n) is 12.8. The van der Waals surface area contributed by atoms with Gasteiger partial charge in [0.15, 0.2) is 0 Å². The maximum absolute atomic E-state index is 12.7. The highest BCUT2D eigenvalue weighted by Crippen LogP contribution is 2.17. The van der Waals surface area contributed by atoms with E-state index in [2.05, 4.69) is 0 Å². The first-order chi connectivity index (χ1) is 10.1. The summed E-state index contributed by atoms with van der Waals surface area (Å²) in [5.74, 6) is -1.34. The molecule has 5 nitrogen and oxygen atoms in total. The predicted octanol–water partition coefficient (Wildman–Crippen LogP) is 2.66. The van der Waals surface area contributed by atoms with Crippen molar-refractivity contribution in [2.24, 2.45) is 0 Å². The van der Waals surface area contributed by atoms with Gasteiger partial charge in [-0.05, 0) is 25.0 Å². The molecular formula is C16H23NO4. The molecule has 0 aliphatic heterocycles. The molecule has 0 saturated heterocycles. The average Bonchev–Trinajstić information content (AvgIpc) is 2.50. The summed E-state index contributed by atoms with van der Waals surface area (Å²) in [7, 11) is 1.58. The molecule has 0 atom stereocenters. The molecule has 116 valence electrons. The number of aromatic carboxylic acids is 1. The summed E-state index contributed by atoms with van der Waals surface area (Å²) >= 11 is 0. The number of rotatable bonds is 8. The maximum atomic E-state index is 12.7. The number of nitrogens with zero attached hydrogens (tertiary/aromatic N) is 1. The number of ether oxygens (including phenoxy) is 1. The van der Waals surface area contributed by atoms with Gasteiger partial charge in [0.05, 0.1) is 17.7 Å². The van der Waals surface area contributed by atoms with Crippen molar-refractivity contribution >= 4 is 11.9 Å². The highest BCUT2D eigenvalue weighted by Gasteiger charge is 2.25. The van der Waals surface area contributed by atoms with Crippen LogP contribution in [-0.4, -0.2) is 48.2 Å². The number of carbonyl (C=O) groups excluding carboxylic acids is 1. The molecule has 0 fully saturated rings. The van der Waals surface area contributed by atoms with Crippen molar-refractivity contribution in [3.8, 4) is 0 Å². The lowest BCUT2D eigenvalue weighted by atomic mass is 10.0. The van der Waals surface area contributed by atoms with E-state index < -0.39 is 5.97 Å². The summed E-state index contributed by atoms with van der Waals surface area (Å²) in [6.07, 6.45) is 1.64. The zero-order valence-corrected chi connectivity index (χ0v) is 12.8. The second-order valence-corrected chi connectivity index (χ2v) is 4.81. The lowest BCUT2D eigenvalue weighted by Gasteiger charge is -2.30. The number of carbonyl (C=O) groups is 2. The Labute approximate surface area is 125 Å². The van der Waals surface area contributed by atoms with Crippen molar-refractivity contribution in [3.05, 3.63) is 35.4 Å². The number of carboxylic acids is 1. The van der Waals surface area contributed by atoms with Crippen LogP contribution < -0.4 is 0 Å². The fourth-order valence-corrected chi connectivity index (χ4v) is 2.38. The summed E-state index contributed by atoms with van der Waals surface area (Å²) in [5, 5.41) is 9.23. The van der Waals surface area contributed by atoms with Crippen LogP contribution in [-0.2, 0) is 4.74 Å². The first kappa shape index (κ1) is 17.2. The van der Waals surface area contributed by atoms with Gasteiger partial charge in [0.25, 0.3) is 5.91 Å². The number of hydrogen-bond acceptors (Lipinski definition) is 3. The van der Waals surface area contributed by atoms with E-state index in [1.807, 2.05) is 13.8 Å². The third-order valence-electron chi connectivity index (χ3n) is 3.57. The molecule has 0 unspecified atom stereocenters. The Morgan fingerprint density at radius 3 is 2.24 bits per heavy atom. The third-order valence-corrected chi connectivity index (χ3v) is 3.57. The van der Waals surface area contributed by atoms with Crippen LogP contribution >= 0.6 is 0 Å². The van der Waals surface area contributed by atoms with Gasteiger partial charge in [-0.3, -0.25) is 4.79 Å². The number of hydrogen-bond donors (Lipinski definition) is 1. The highest BCUT2D eigenvalue weighted by molar-refractivity contribution is 6.04. The second kappa shape index (κ2) is 8.42. The van der Waals surface area contributed by atoms with Gasteiger partial charge in [0, 0.05) is 19.7 Å². The summed E-state index contributed by atoms with van der Waals surface area (Å²) < 4.78 is 5.07. The van der Waals surface area contributed by atoms with Crippen molar-refractivity contribution in [2.75, 3.05) is 20.3 Å². The molecule has 0 aromatic heterocycles. The van der Waals surface area contributed by atoms with Gasteiger partial charge in [-0.25, -0.2) is 4.79 Å². The predicted molar refractivity (Wildman–Crippen MR) is 80.7 cm³/mol. The SMILES string of the molecule is CCC(CC)N(CCOC)C(=O)c1ccccc1C(=O)O. The summed E-state index contributed by atoms with van der Waals surface area (Å²) in [6.45, 7) is 4.92. The molecule has 1 rings (SSSR count). The molecule has 1 N–H and O–H groups in total. The average molecular weight is 293 g/mol. The van der Waals surface area contributed by atoms with Crippen LogP contribution in [0.4, 0.5) is 0 Å². The maximum Gasteiger partial charge on any atom is 0.336 e. The lowest BCUT2D eigenvalue weighted by Crippen LogP contribution is -2.42. The Balaban J connectivity index is 3.13. The topological polar surface area (TPSA) is 66.8 Å². The van der Waals surface area contributed by atoms with Crippen LogP contribution in [0.15, 0.2) is 24.3 Å². The normalized spacial score (nSPS) is 10.7. The van der Waals surface area contributed by atoms with Gasteiger partial charge in [0.1, 0.15) is 0 Å². The molecule has 1 amide bonds. The Bertz CT molecular complexity index is 483. The van der Waals surface area contributed by atoms with Crippen LogP contribution in [0.5, 0.6) is 0 Å². The fraction of sp³-hybridized carbons (Fsp3) is 0.500. The first-order valence-electron chi connectivity index (χ1n) is 7.18. The van der Waals surface area contributed by atoms with Gasteiger partial charge in [-0.15, -0.1) is 0 Å². The smallest absolute Gasteiger partial charge is 0.336 e. The standard InChI is InChI=1S/C16H23NO4/c1-4-12(5-2)17(10-11-21-3)15(18)13-8-6-7-9-14(13)16(19)20/h6-9,12H,4-5,10-11H2,1-3H3,(H,19,20). The monoisotopic (exact) mass is 293 g/mol. The molecule has 0 aliphatic rings. The van der Waals surface area contributed by atoms with Crippen LogP contribution in [0.3, 0.4) is 0 Å². The van der Waals surface area contributed by atoms with Crippen molar-refractivity contribution < 1.29 is 19.4 Å². The molecule has 0 radical (unpaired) electrons. The van der Waals surface area contributed by atoms with Crippen LogP contribution in [0.1, 0.15) is 47.4 Å². The van der Waals surface area contributed by atoms with E-state index in [1.165, 1.54) is 6.07 Å². The minimum Gasteiger partial charge on any atom is -0.478 e. The van der Waals surface area contributed by atoms with E-state index in [4.69, 9.17) is 4.74 Å². The van der Waals surface area contributed by atoms with Crippen molar-refractivity contribution in [1.82, 2.24) is 4.90 Å². The molecular weight excluding hydrogens is 270 g/mol. The minimum absolute atomic E-state index is 0.0378. The molecule has 21 heavy (non-hydrogen) atoms. The summed E-state index contributed by atoms with van der Waals surface area (Å²) in [4.78, 5) is 25.7. The van der Waals surface area contributed by atoms with E-state index in [0.29, 0.717) is 13.2 Å². The Kier molecular flexibility index (Phi) is 6.88. The van der Waals surface area contributed by atoms with Gasteiger partial charge in [0.2, 0.25) is 0 Å². The quantitative estimate of drug-likeness (QED) is 0.800. The largest absolute Gasteiger partial charge is 0.478 e. The Morgan fingerprint density at radius 1 is 1.19 bits per heavy atom. The molecule has 1 aromatic carbocycles. The molecule has 0 heterocycles. The Morgan fingerprint density at radius 2 is 1.76 bits per heavy atom. The van der Waals surface area contributed by atoms with E-state index >= 15 is 0 Å². The number of benzene rings is 1. The van der Waals surface area contributed by atoms with Crippen LogP contribution in [0.2, 0.25) is 0 Å². The highest BCUT2D eigenvalue weighted by atomic mass is 16.5. The molecule has 0 bridgehead atoms. The zero-order chi connectivity index (χ0) is 15.8. The summed E-state index contributed by atoms with van der Waals surface area (Å²) in [5.41, 5.74) is 0.267. The lowest BCUT2D eigenvalue weighted by molar-refractivity contribution is 0.0575. The van der Waals surface area contributed by atoms with Crippen LogP contribution in [0.25, 0.3) is 0 Å². The van der Waals surface area contributed by atoms with Crippen molar-refractivity contribution in [3.63, 3.8) is 0 Å². The van der Waals surface area contributed by atoms with Crippen molar-refractivity contribution in [1.29, 1.82) is 0 Å². The number of amides is 1. The number of carboxylic acid groups (broad SMARTS) is 1. The van der Waals surface area contributed by atoms with Gasteiger partial charge < -0.3 is 14.7 Å². The third kappa shape index (κ3) is 4.29. The molecule has 0 aliphatic carbocycles. The van der Waals surface area contributed by atoms with Gasteiger partial charge in [-0.2, -0.15) is 0 Å². The van der Waals surface area contributed by atoms with E-state index in [0.717, 1.165) is 12.8 Å². The molecule has 1 aromatic rings. The van der Waals surface area contributed by atoms with E-state index in [-0.39, 0.29) is 23.1 Å². The first-order valence-corrected chi connectivity index (χ1v) is 7.18. The number of methoxy groups -OCH3 is 1. The van der Waals surface area contributed by atoms with Crippen LogP contribution in [0, 0.1) is 0 Å². The molecule has 0 spiro atoms. The molecule has 5 heteroatoms. The van der Waals surface area contributed by atoms with E-state index in [1.54, 1.807) is 30.2 Å². The second-order valence-electron chi connectivity index (χ2n) is 4.81. The fourth-order valence-electron chi connectivity index (χ4n) is 2.38.